The van der Waals surface area contributed by atoms with E-state index < -0.39 is 5.97 Å². The van der Waals surface area contributed by atoms with E-state index >= 15 is 0 Å². The molecule has 0 bridgehead atoms. The van der Waals surface area contributed by atoms with Crippen LogP contribution >= 0.6 is 11.6 Å². The molecule has 3 aromatic carbocycles. The van der Waals surface area contributed by atoms with Crippen molar-refractivity contribution in [3.8, 4) is 0 Å². The number of halogens is 1. The quantitative estimate of drug-likeness (QED) is 0.449. The van der Waals surface area contributed by atoms with Crippen LogP contribution in [0.25, 0.3) is 0 Å². The second-order valence-corrected chi connectivity index (χ2v) is 6.70. The van der Waals surface area contributed by atoms with Crippen molar-refractivity contribution in [2.24, 2.45) is 5.10 Å². The molecule has 138 valence electrons. The van der Waals surface area contributed by atoms with Crippen LogP contribution in [0.15, 0.2) is 102 Å². The fraction of sp³-hybridized carbons (Fsp3) is 0.0435. The average molecular weight is 389 g/mol. The monoisotopic (exact) mass is 388 g/mol. The van der Waals surface area contributed by atoms with Gasteiger partial charge in [0.15, 0.2) is 0 Å². The van der Waals surface area contributed by atoms with Gasteiger partial charge in [0.05, 0.1) is 23.5 Å². The lowest BCUT2D eigenvalue weighted by Gasteiger charge is -2.13. The lowest BCUT2D eigenvalue weighted by Crippen LogP contribution is -2.13. The molecule has 0 amide bonds. The largest absolute Gasteiger partial charge is 0.430 e. The van der Waals surface area contributed by atoms with Crippen molar-refractivity contribution in [3.05, 3.63) is 113 Å². The summed E-state index contributed by atoms with van der Waals surface area (Å²) in [6, 6.07) is 26.2. The summed E-state index contributed by atoms with van der Waals surface area (Å²) in [5.74, 6) is -0.398. The van der Waals surface area contributed by atoms with E-state index in [1.54, 1.807) is 24.3 Å². The van der Waals surface area contributed by atoms with Crippen LogP contribution in [0.1, 0.15) is 15.9 Å². The minimum absolute atomic E-state index is 0.398. The highest BCUT2D eigenvalue weighted by Gasteiger charge is 2.23. The van der Waals surface area contributed by atoms with Crippen molar-refractivity contribution in [2.75, 3.05) is 11.6 Å². The molecule has 0 aliphatic carbocycles. The van der Waals surface area contributed by atoms with Gasteiger partial charge in [0.2, 0.25) is 0 Å². The summed E-state index contributed by atoms with van der Waals surface area (Å²) in [6.07, 6.45) is 1.50. The smallest absolute Gasteiger partial charge is 0.342 e. The zero-order chi connectivity index (χ0) is 19.3. The number of ether oxygens (including phenoxy) is 1. The number of rotatable bonds is 4. The van der Waals surface area contributed by atoms with Gasteiger partial charge in [0, 0.05) is 16.2 Å². The summed E-state index contributed by atoms with van der Waals surface area (Å²) >= 11 is 5.99. The molecule has 4 rings (SSSR count). The van der Waals surface area contributed by atoms with Crippen LogP contribution in [0.2, 0.25) is 5.02 Å². The van der Waals surface area contributed by atoms with Gasteiger partial charge < -0.3 is 4.74 Å². The number of hydrogen-bond donors (Lipinski definition) is 0. The summed E-state index contributed by atoms with van der Waals surface area (Å²) in [6.45, 7) is 0.494. The Morgan fingerprint density at radius 1 is 0.929 bits per heavy atom. The minimum Gasteiger partial charge on any atom is -0.430 e. The Morgan fingerprint density at radius 3 is 2.25 bits per heavy atom. The number of carbonyl (C=O) groups excluding carboxylic acids is 1. The molecule has 3 aromatic rings. The Bertz CT molecular complexity index is 1030. The predicted molar refractivity (Wildman–Crippen MR) is 112 cm³/mol. The van der Waals surface area contributed by atoms with Gasteiger partial charge in [-0.25, -0.2) is 4.79 Å². The van der Waals surface area contributed by atoms with Gasteiger partial charge in [-0.15, -0.1) is 0 Å². The molecule has 1 aliphatic rings. The Kier molecular flexibility index (Phi) is 5.22. The highest BCUT2D eigenvalue weighted by molar-refractivity contribution is 6.30. The number of hydrazone groups is 1. The lowest BCUT2D eigenvalue weighted by molar-refractivity contribution is 0.0661. The van der Waals surface area contributed by atoms with Crippen molar-refractivity contribution < 1.29 is 9.53 Å². The second-order valence-electron chi connectivity index (χ2n) is 6.26. The van der Waals surface area contributed by atoms with E-state index in [9.17, 15) is 4.79 Å². The van der Waals surface area contributed by atoms with Crippen molar-refractivity contribution >= 4 is 29.0 Å². The van der Waals surface area contributed by atoms with Crippen molar-refractivity contribution in [1.29, 1.82) is 0 Å². The highest BCUT2D eigenvalue weighted by Crippen LogP contribution is 2.26. The third kappa shape index (κ3) is 3.97. The number of benzene rings is 3. The van der Waals surface area contributed by atoms with Crippen molar-refractivity contribution in [2.45, 2.75) is 0 Å². The molecule has 0 spiro atoms. The number of carbonyl (C=O) groups is 1. The normalized spacial score (nSPS) is 14.8. The van der Waals surface area contributed by atoms with Gasteiger partial charge in [-0.05, 0) is 36.4 Å². The molecule has 4 nitrogen and oxygen atoms in total. The van der Waals surface area contributed by atoms with Crippen LogP contribution in [0.3, 0.4) is 0 Å². The molecule has 0 saturated heterocycles. The summed E-state index contributed by atoms with van der Waals surface area (Å²) in [7, 11) is 0. The molecule has 0 unspecified atom stereocenters. The molecule has 5 heteroatoms. The van der Waals surface area contributed by atoms with Gasteiger partial charge in [0.1, 0.15) is 6.26 Å². The van der Waals surface area contributed by atoms with Gasteiger partial charge in [-0.2, -0.15) is 5.10 Å². The first-order valence-electron chi connectivity index (χ1n) is 8.83. The number of anilines is 1. The van der Waals surface area contributed by atoms with Crippen LogP contribution in [0.5, 0.6) is 0 Å². The van der Waals surface area contributed by atoms with E-state index in [2.05, 4.69) is 0 Å². The van der Waals surface area contributed by atoms with Gasteiger partial charge >= 0.3 is 5.97 Å². The van der Waals surface area contributed by atoms with E-state index in [0.717, 1.165) is 22.5 Å². The Hall–Kier alpha value is -3.37. The first kappa shape index (κ1) is 18.0. The topological polar surface area (TPSA) is 41.9 Å². The van der Waals surface area contributed by atoms with Crippen molar-refractivity contribution in [1.82, 2.24) is 0 Å². The van der Waals surface area contributed by atoms with Gasteiger partial charge in [-0.3, -0.25) is 5.01 Å². The molecule has 0 saturated carbocycles. The van der Waals surface area contributed by atoms with Crippen molar-refractivity contribution in [3.63, 3.8) is 0 Å². The SMILES string of the molecule is O=C(O/C=C1\CN(c2ccc(Cl)cc2)N=C1c1ccccc1)c1ccccc1. The number of nitrogens with zero attached hydrogens (tertiary/aromatic N) is 2. The van der Waals surface area contributed by atoms with E-state index in [1.165, 1.54) is 6.26 Å². The average Bonchev–Trinajstić information content (AvgIpc) is 3.18. The van der Waals surface area contributed by atoms with Crippen LogP contribution < -0.4 is 5.01 Å². The molecule has 1 aliphatic heterocycles. The third-order valence-electron chi connectivity index (χ3n) is 4.33. The summed E-state index contributed by atoms with van der Waals surface area (Å²) < 4.78 is 5.44. The summed E-state index contributed by atoms with van der Waals surface area (Å²) in [5.41, 5.74) is 3.98. The predicted octanol–water partition coefficient (Wildman–Crippen LogP) is 5.31. The molecule has 28 heavy (non-hydrogen) atoms. The second kappa shape index (κ2) is 8.11. The fourth-order valence-corrected chi connectivity index (χ4v) is 3.04. The molecule has 0 radical (unpaired) electrons. The third-order valence-corrected chi connectivity index (χ3v) is 4.59. The van der Waals surface area contributed by atoms with E-state index in [1.807, 2.05) is 65.7 Å². The van der Waals surface area contributed by atoms with Crippen LogP contribution in [-0.4, -0.2) is 18.2 Å². The van der Waals surface area contributed by atoms with Crippen LogP contribution in [0.4, 0.5) is 5.69 Å². The van der Waals surface area contributed by atoms with Gasteiger partial charge in [0.25, 0.3) is 0 Å². The molecular formula is C23H17ClN2O2. The maximum Gasteiger partial charge on any atom is 0.342 e. The lowest BCUT2D eigenvalue weighted by atomic mass is 10.0. The maximum atomic E-state index is 12.3. The minimum atomic E-state index is -0.398. The Labute approximate surface area is 168 Å². The molecule has 0 atom stereocenters. The molecule has 1 heterocycles. The van der Waals surface area contributed by atoms with Crippen LogP contribution in [-0.2, 0) is 4.74 Å². The number of esters is 1. The summed E-state index contributed by atoms with van der Waals surface area (Å²) in [4.78, 5) is 12.3. The first-order chi connectivity index (χ1) is 13.7. The molecule has 0 fully saturated rings. The molecule has 0 aromatic heterocycles. The number of hydrogen-bond acceptors (Lipinski definition) is 4. The highest BCUT2D eigenvalue weighted by atomic mass is 35.5. The van der Waals surface area contributed by atoms with Gasteiger partial charge in [-0.1, -0.05) is 60.1 Å². The zero-order valence-electron chi connectivity index (χ0n) is 15.0. The maximum absolute atomic E-state index is 12.3. The fourth-order valence-electron chi connectivity index (χ4n) is 2.92. The zero-order valence-corrected chi connectivity index (χ0v) is 15.7. The van der Waals surface area contributed by atoms with E-state index in [-0.39, 0.29) is 0 Å². The molecular weight excluding hydrogens is 372 g/mol. The van der Waals surface area contributed by atoms with E-state index in [4.69, 9.17) is 21.4 Å². The summed E-state index contributed by atoms with van der Waals surface area (Å²) in [5, 5.41) is 7.27. The van der Waals surface area contributed by atoms with E-state index in [0.29, 0.717) is 17.1 Å². The first-order valence-corrected chi connectivity index (χ1v) is 9.21. The molecule has 0 N–H and O–H groups in total. The van der Waals surface area contributed by atoms with Crippen LogP contribution in [0, 0.1) is 0 Å². The Morgan fingerprint density at radius 2 is 1.57 bits per heavy atom. The standard InChI is InChI=1S/C23H17ClN2O2/c24-20-11-13-21(14-12-20)26-15-19(22(25-26)17-7-3-1-4-8-17)16-28-23(27)18-9-5-2-6-10-18/h1-14,16H,15H2/b19-16+. The Balaban J connectivity index is 1.62.